The lowest BCUT2D eigenvalue weighted by Gasteiger charge is -2.26. The quantitative estimate of drug-likeness (QED) is 0.796. The molecule has 1 fully saturated rings. The highest BCUT2D eigenvalue weighted by Crippen LogP contribution is 2.23. The first-order chi connectivity index (χ1) is 12.4. The van der Waals surface area contributed by atoms with Crippen LogP contribution in [0.1, 0.15) is 29.1 Å². The summed E-state index contributed by atoms with van der Waals surface area (Å²) in [6, 6.07) is 9.44. The molecule has 7 nitrogen and oxygen atoms in total. The van der Waals surface area contributed by atoms with E-state index in [0.717, 1.165) is 0 Å². The van der Waals surface area contributed by atoms with Crippen LogP contribution < -0.4 is 0 Å². The van der Waals surface area contributed by atoms with Crippen LogP contribution in [0.25, 0.3) is 0 Å². The summed E-state index contributed by atoms with van der Waals surface area (Å²) in [5, 5.41) is 0. The molecule has 26 heavy (non-hydrogen) atoms. The lowest BCUT2D eigenvalue weighted by Crippen LogP contribution is -2.40. The van der Waals surface area contributed by atoms with E-state index in [0.29, 0.717) is 37.6 Å². The molecule has 1 aliphatic heterocycles. The molecule has 2 heterocycles. The van der Waals surface area contributed by atoms with Gasteiger partial charge in [-0.3, -0.25) is 4.79 Å². The number of sulfonamides is 1. The van der Waals surface area contributed by atoms with E-state index in [1.165, 1.54) is 21.3 Å². The Hall–Kier alpha value is -2.16. The minimum Gasteiger partial charge on any atom is -0.467 e. The maximum Gasteiger partial charge on any atom is 0.254 e. The molecule has 1 aromatic carbocycles. The van der Waals surface area contributed by atoms with E-state index in [4.69, 9.17) is 9.15 Å². The van der Waals surface area contributed by atoms with Crippen LogP contribution in [-0.2, 0) is 14.8 Å². The molecule has 1 atom stereocenters. The van der Waals surface area contributed by atoms with Crippen LogP contribution in [0.3, 0.4) is 0 Å². The summed E-state index contributed by atoms with van der Waals surface area (Å²) in [7, 11) is -1.98. The Morgan fingerprint density at radius 2 is 1.92 bits per heavy atom. The Morgan fingerprint density at radius 3 is 2.58 bits per heavy atom. The fraction of sp³-hybridized carbons (Fsp3) is 0.389. The Balaban J connectivity index is 1.83. The van der Waals surface area contributed by atoms with Crippen molar-refractivity contribution < 1.29 is 22.4 Å². The highest BCUT2D eigenvalue weighted by atomic mass is 32.2. The van der Waals surface area contributed by atoms with Crippen LogP contribution in [-0.4, -0.2) is 56.9 Å². The highest BCUT2D eigenvalue weighted by Gasteiger charge is 2.28. The average molecular weight is 378 g/mol. The van der Waals surface area contributed by atoms with Crippen LogP contribution in [0.4, 0.5) is 0 Å². The average Bonchev–Trinajstić information content (AvgIpc) is 3.22. The minimum atomic E-state index is -3.64. The molecule has 2 aromatic rings. The number of benzene rings is 1. The molecular weight excluding hydrogens is 356 g/mol. The summed E-state index contributed by atoms with van der Waals surface area (Å²) in [6.07, 6.45) is 1.56. The number of morpholine rings is 1. The number of hydrogen-bond donors (Lipinski definition) is 0. The van der Waals surface area contributed by atoms with E-state index < -0.39 is 10.0 Å². The first-order valence-corrected chi connectivity index (χ1v) is 9.84. The maximum absolute atomic E-state index is 12.8. The van der Waals surface area contributed by atoms with Crippen molar-refractivity contribution in [3.63, 3.8) is 0 Å². The zero-order chi connectivity index (χ0) is 18.7. The second-order valence-electron chi connectivity index (χ2n) is 6.15. The zero-order valence-electron chi connectivity index (χ0n) is 14.8. The molecule has 0 spiro atoms. The Morgan fingerprint density at radius 1 is 1.19 bits per heavy atom. The van der Waals surface area contributed by atoms with Crippen LogP contribution in [0.2, 0.25) is 0 Å². The number of furan rings is 1. The van der Waals surface area contributed by atoms with Crippen LogP contribution in [0.5, 0.6) is 0 Å². The molecule has 1 aromatic heterocycles. The summed E-state index contributed by atoms with van der Waals surface area (Å²) >= 11 is 0. The van der Waals surface area contributed by atoms with Gasteiger partial charge in [-0.25, -0.2) is 8.42 Å². The van der Waals surface area contributed by atoms with Gasteiger partial charge in [0.15, 0.2) is 0 Å². The molecule has 3 rings (SSSR count). The zero-order valence-corrected chi connectivity index (χ0v) is 15.6. The van der Waals surface area contributed by atoms with Crippen molar-refractivity contribution in [2.75, 3.05) is 33.4 Å². The Labute approximate surface area is 153 Å². The maximum atomic E-state index is 12.8. The molecule has 0 aliphatic carbocycles. The van der Waals surface area contributed by atoms with Gasteiger partial charge in [0.1, 0.15) is 5.76 Å². The number of carbonyl (C=O) groups excluding carboxylic acids is 1. The molecular formula is C18H22N2O5S. The second-order valence-corrected chi connectivity index (χ2v) is 8.09. The first kappa shape index (κ1) is 18.6. The van der Waals surface area contributed by atoms with Gasteiger partial charge in [-0.2, -0.15) is 4.31 Å². The topological polar surface area (TPSA) is 80.1 Å². The van der Waals surface area contributed by atoms with Gasteiger partial charge < -0.3 is 14.1 Å². The summed E-state index contributed by atoms with van der Waals surface area (Å²) < 4.78 is 37.5. The van der Waals surface area contributed by atoms with Crippen molar-refractivity contribution in [1.29, 1.82) is 0 Å². The van der Waals surface area contributed by atoms with E-state index in [-0.39, 0.29) is 16.8 Å². The molecule has 1 saturated heterocycles. The monoisotopic (exact) mass is 378 g/mol. The van der Waals surface area contributed by atoms with Crippen molar-refractivity contribution in [2.24, 2.45) is 0 Å². The molecule has 1 aliphatic rings. The molecule has 8 heteroatoms. The van der Waals surface area contributed by atoms with Gasteiger partial charge in [-0.05, 0) is 37.3 Å². The molecule has 0 saturated carbocycles. The van der Waals surface area contributed by atoms with Gasteiger partial charge in [0, 0.05) is 25.7 Å². The van der Waals surface area contributed by atoms with Gasteiger partial charge in [-0.15, -0.1) is 0 Å². The van der Waals surface area contributed by atoms with Gasteiger partial charge in [-0.1, -0.05) is 6.07 Å². The number of hydrogen-bond acceptors (Lipinski definition) is 5. The lowest BCUT2D eigenvalue weighted by atomic mass is 10.1. The molecule has 0 N–H and O–H groups in total. The van der Waals surface area contributed by atoms with Crippen molar-refractivity contribution >= 4 is 15.9 Å². The van der Waals surface area contributed by atoms with Crippen LogP contribution in [0.15, 0.2) is 52.0 Å². The number of amides is 1. The lowest BCUT2D eigenvalue weighted by molar-refractivity contribution is 0.0723. The molecule has 140 valence electrons. The normalized spacial score (nSPS) is 17.0. The number of ether oxygens (including phenoxy) is 1. The fourth-order valence-corrected chi connectivity index (χ4v) is 4.28. The third-order valence-corrected chi connectivity index (χ3v) is 6.44. The molecule has 0 radical (unpaired) electrons. The standard InChI is InChI=1S/C18H22N2O5S/c1-14(17-7-4-10-25-17)19(2)18(21)15-5-3-6-16(13-15)26(22,23)20-8-11-24-12-9-20/h3-7,10,13-14H,8-9,11-12H2,1-2H3. The van der Waals surface area contributed by atoms with Crippen molar-refractivity contribution in [1.82, 2.24) is 9.21 Å². The first-order valence-electron chi connectivity index (χ1n) is 8.40. The predicted octanol–water partition coefficient (Wildman–Crippen LogP) is 2.13. The van der Waals surface area contributed by atoms with Crippen LogP contribution >= 0.6 is 0 Å². The number of carbonyl (C=O) groups is 1. The summed E-state index contributed by atoms with van der Waals surface area (Å²) in [6.45, 7) is 3.24. The Bertz CT molecular complexity index is 857. The highest BCUT2D eigenvalue weighted by molar-refractivity contribution is 7.89. The van der Waals surface area contributed by atoms with Crippen LogP contribution in [0, 0.1) is 0 Å². The molecule has 1 unspecified atom stereocenters. The van der Waals surface area contributed by atoms with E-state index in [1.807, 2.05) is 6.92 Å². The number of rotatable bonds is 5. The van der Waals surface area contributed by atoms with E-state index >= 15 is 0 Å². The summed E-state index contributed by atoms with van der Waals surface area (Å²) in [4.78, 5) is 14.4. The van der Waals surface area contributed by atoms with Gasteiger partial charge in [0.05, 0.1) is 30.4 Å². The third-order valence-electron chi connectivity index (χ3n) is 4.55. The fourth-order valence-electron chi connectivity index (χ4n) is 2.82. The summed E-state index contributed by atoms with van der Waals surface area (Å²) in [5.41, 5.74) is 0.320. The van der Waals surface area contributed by atoms with E-state index in [9.17, 15) is 13.2 Å². The van der Waals surface area contributed by atoms with E-state index in [1.54, 1.807) is 37.6 Å². The number of nitrogens with zero attached hydrogens (tertiary/aromatic N) is 2. The smallest absolute Gasteiger partial charge is 0.254 e. The largest absolute Gasteiger partial charge is 0.467 e. The minimum absolute atomic E-state index is 0.115. The molecule has 0 bridgehead atoms. The van der Waals surface area contributed by atoms with Gasteiger partial charge >= 0.3 is 0 Å². The predicted molar refractivity (Wildman–Crippen MR) is 95.2 cm³/mol. The third kappa shape index (κ3) is 3.67. The van der Waals surface area contributed by atoms with Crippen molar-refractivity contribution in [2.45, 2.75) is 17.9 Å². The van der Waals surface area contributed by atoms with E-state index in [2.05, 4.69) is 0 Å². The Kier molecular flexibility index (Phi) is 5.45. The second kappa shape index (κ2) is 7.61. The SMILES string of the molecule is CC(c1ccco1)N(C)C(=O)c1cccc(S(=O)(=O)N2CCOCC2)c1. The van der Waals surface area contributed by atoms with Crippen molar-refractivity contribution in [3.05, 3.63) is 54.0 Å². The molecule has 1 amide bonds. The summed E-state index contributed by atoms with van der Waals surface area (Å²) in [5.74, 6) is 0.394. The van der Waals surface area contributed by atoms with Crippen molar-refractivity contribution in [3.8, 4) is 0 Å². The van der Waals surface area contributed by atoms with Gasteiger partial charge in [0.2, 0.25) is 10.0 Å². The van der Waals surface area contributed by atoms with Gasteiger partial charge in [0.25, 0.3) is 5.91 Å².